The third-order valence-electron chi connectivity index (χ3n) is 4.28. The molecule has 0 spiro atoms. The zero-order chi connectivity index (χ0) is 21.7. The molecule has 3 aromatic rings. The van der Waals surface area contributed by atoms with Crippen molar-refractivity contribution in [1.82, 2.24) is 14.9 Å². The zero-order valence-electron chi connectivity index (χ0n) is 16.5. The molecule has 0 fully saturated rings. The average Bonchev–Trinajstić information content (AvgIpc) is 3.20. The molecule has 1 aromatic heterocycles. The molecule has 0 aliphatic heterocycles. The Hall–Kier alpha value is -3.55. The van der Waals surface area contributed by atoms with E-state index in [1.807, 2.05) is 0 Å². The minimum absolute atomic E-state index is 0.163. The minimum Gasteiger partial charge on any atom is -0.461 e. The summed E-state index contributed by atoms with van der Waals surface area (Å²) in [5.74, 6) is -2.39. The number of ether oxygens (including phenoxy) is 1. The maximum Gasteiger partial charge on any atom is 0.330 e. The number of nitrogens with one attached hydrogen (secondary N) is 1. The van der Waals surface area contributed by atoms with Gasteiger partial charge in [0.1, 0.15) is 17.7 Å². The highest BCUT2D eigenvalue weighted by atomic mass is 19.1. The van der Waals surface area contributed by atoms with E-state index >= 15 is 0 Å². The Kier molecular flexibility index (Phi) is 6.56. The third-order valence-corrected chi connectivity index (χ3v) is 4.28. The highest BCUT2D eigenvalue weighted by Crippen LogP contribution is 2.23. The van der Waals surface area contributed by atoms with Gasteiger partial charge >= 0.3 is 5.97 Å². The van der Waals surface area contributed by atoms with Crippen LogP contribution in [0.5, 0.6) is 0 Å². The second-order valence-electron chi connectivity index (χ2n) is 6.97. The number of carbonyl (C=O) groups excluding carboxylic acids is 2. The molecule has 1 heterocycles. The number of aromatic nitrogens is 2. The van der Waals surface area contributed by atoms with E-state index in [0.29, 0.717) is 5.56 Å². The van der Waals surface area contributed by atoms with Crippen LogP contribution in [0.2, 0.25) is 0 Å². The van der Waals surface area contributed by atoms with Gasteiger partial charge in [0.25, 0.3) is 5.91 Å². The van der Waals surface area contributed by atoms with E-state index in [0.717, 1.165) is 6.07 Å². The number of rotatable bonds is 7. The number of hydrogen-bond acceptors (Lipinski definition) is 4. The first-order valence-corrected chi connectivity index (χ1v) is 9.36. The van der Waals surface area contributed by atoms with Crippen molar-refractivity contribution in [2.75, 3.05) is 0 Å². The van der Waals surface area contributed by atoms with Crippen LogP contribution < -0.4 is 5.32 Å². The van der Waals surface area contributed by atoms with Gasteiger partial charge < -0.3 is 14.6 Å². The number of carbonyl (C=O) groups is 2. The molecule has 3 rings (SSSR count). The standard InChI is InChI=1S/C22H21F2N3O3/c1-14(2)30-22(29)20(12-27-10-9-25-13-27)26-21(28)16-5-3-15(4-6-16)18-8-7-17(23)11-19(18)24/h3-11,13-14,20H,12H2,1-2H3,(H,26,28)/t20-/m0/s1. The molecule has 1 amide bonds. The normalized spacial score (nSPS) is 11.9. The monoisotopic (exact) mass is 413 g/mol. The van der Waals surface area contributed by atoms with E-state index in [2.05, 4.69) is 10.3 Å². The van der Waals surface area contributed by atoms with Crippen molar-refractivity contribution < 1.29 is 23.1 Å². The average molecular weight is 413 g/mol. The van der Waals surface area contributed by atoms with Gasteiger partial charge in [-0.3, -0.25) is 4.79 Å². The summed E-state index contributed by atoms with van der Waals surface area (Å²) in [4.78, 5) is 29.0. The molecule has 156 valence electrons. The number of nitrogens with zero attached hydrogens (tertiary/aromatic N) is 2. The number of imidazole rings is 1. The van der Waals surface area contributed by atoms with Crippen LogP contribution >= 0.6 is 0 Å². The molecule has 0 saturated carbocycles. The zero-order valence-corrected chi connectivity index (χ0v) is 16.5. The van der Waals surface area contributed by atoms with Crippen molar-refractivity contribution in [3.05, 3.63) is 78.4 Å². The van der Waals surface area contributed by atoms with Crippen LogP contribution in [0, 0.1) is 11.6 Å². The van der Waals surface area contributed by atoms with E-state index in [1.165, 1.54) is 30.6 Å². The maximum absolute atomic E-state index is 14.0. The molecule has 30 heavy (non-hydrogen) atoms. The first kappa shape index (κ1) is 21.2. The molecule has 0 bridgehead atoms. The van der Waals surface area contributed by atoms with E-state index in [-0.39, 0.29) is 23.8 Å². The predicted octanol–water partition coefficient (Wildman–Crippen LogP) is 3.58. The van der Waals surface area contributed by atoms with Gasteiger partial charge in [-0.15, -0.1) is 0 Å². The summed E-state index contributed by atoms with van der Waals surface area (Å²) in [6.45, 7) is 3.61. The van der Waals surface area contributed by atoms with Gasteiger partial charge in [0.05, 0.1) is 19.0 Å². The first-order chi connectivity index (χ1) is 14.3. The van der Waals surface area contributed by atoms with Crippen LogP contribution in [0.25, 0.3) is 11.1 Å². The van der Waals surface area contributed by atoms with Crippen molar-refractivity contribution in [2.45, 2.75) is 32.5 Å². The largest absolute Gasteiger partial charge is 0.461 e. The lowest BCUT2D eigenvalue weighted by atomic mass is 10.0. The molecule has 8 heteroatoms. The molecule has 0 unspecified atom stereocenters. The van der Waals surface area contributed by atoms with Crippen molar-refractivity contribution >= 4 is 11.9 Å². The molecule has 2 aromatic carbocycles. The van der Waals surface area contributed by atoms with Gasteiger partial charge in [0.15, 0.2) is 0 Å². The topological polar surface area (TPSA) is 73.2 Å². The summed E-state index contributed by atoms with van der Waals surface area (Å²) >= 11 is 0. The Bertz CT molecular complexity index is 1020. The van der Waals surface area contributed by atoms with Crippen LogP contribution in [0.4, 0.5) is 8.78 Å². The van der Waals surface area contributed by atoms with Gasteiger partial charge in [-0.2, -0.15) is 0 Å². The van der Waals surface area contributed by atoms with Crippen molar-refractivity contribution in [1.29, 1.82) is 0 Å². The molecule has 0 aliphatic rings. The van der Waals surface area contributed by atoms with Crippen LogP contribution in [0.1, 0.15) is 24.2 Å². The van der Waals surface area contributed by atoms with Crippen LogP contribution in [0.15, 0.2) is 61.2 Å². The Morgan fingerprint density at radius 1 is 1.13 bits per heavy atom. The molecular formula is C22H21F2N3O3. The second-order valence-corrected chi connectivity index (χ2v) is 6.97. The van der Waals surface area contributed by atoms with Crippen molar-refractivity contribution in [3.63, 3.8) is 0 Å². The Labute approximate surface area is 172 Å². The maximum atomic E-state index is 14.0. The number of halogens is 2. The summed E-state index contributed by atoms with van der Waals surface area (Å²) in [5, 5.41) is 2.67. The van der Waals surface area contributed by atoms with Gasteiger partial charge in [-0.25, -0.2) is 18.6 Å². The Balaban J connectivity index is 1.75. The summed E-state index contributed by atoms with van der Waals surface area (Å²) in [6, 6.07) is 8.53. The third kappa shape index (κ3) is 5.28. The predicted molar refractivity (Wildman–Crippen MR) is 107 cm³/mol. The lowest BCUT2D eigenvalue weighted by molar-refractivity contribution is -0.150. The van der Waals surface area contributed by atoms with Gasteiger partial charge in [0, 0.05) is 29.6 Å². The van der Waals surface area contributed by atoms with E-state index in [1.54, 1.807) is 42.9 Å². The first-order valence-electron chi connectivity index (χ1n) is 9.36. The summed E-state index contributed by atoms with van der Waals surface area (Å²) in [7, 11) is 0. The molecule has 6 nitrogen and oxygen atoms in total. The van der Waals surface area contributed by atoms with Crippen molar-refractivity contribution in [3.8, 4) is 11.1 Å². The lowest BCUT2D eigenvalue weighted by Gasteiger charge is -2.19. The molecule has 1 atom stereocenters. The van der Waals surface area contributed by atoms with Gasteiger partial charge in [-0.1, -0.05) is 12.1 Å². The highest BCUT2D eigenvalue weighted by Gasteiger charge is 2.24. The minimum atomic E-state index is -0.914. The Morgan fingerprint density at radius 3 is 2.47 bits per heavy atom. The van der Waals surface area contributed by atoms with E-state index in [4.69, 9.17) is 4.74 Å². The van der Waals surface area contributed by atoms with Gasteiger partial charge in [0.2, 0.25) is 0 Å². The number of hydrogen-bond donors (Lipinski definition) is 1. The quantitative estimate of drug-likeness (QED) is 0.601. The lowest BCUT2D eigenvalue weighted by Crippen LogP contribution is -2.45. The highest BCUT2D eigenvalue weighted by molar-refractivity contribution is 5.97. The summed E-state index contributed by atoms with van der Waals surface area (Å²) < 4.78 is 34.0. The summed E-state index contributed by atoms with van der Waals surface area (Å²) in [6.07, 6.45) is 4.45. The number of esters is 1. The van der Waals surface area contributed by atoms with Crippen LogP contribution in [0.3, 0.4) is 0 Å². The molecule has 0 aliphatic carbocycles. The van der Waals surface area contributed by atoms with Gasteiger partial charge in [-0.05, 0) is 43.7 Å². The number of benzene rings is 2. The fourth-order valence-corrected chi connectivity index (χ4v) is 2.87. The van der Waals surface area contributed by atoms with Crippen LogP contribution in [-0.4, -0.2) is 33.6 Å². The fourth-order valence-electron chi connectivity index (χ4n) is 2.87. The smallest absolute Gasteiger partial charge is 0.330 e. The van der Waals surface area contributed by atoms with E-state index < -0.39 is 29.6 Å². The second kappa shape index (κ2) is 9.30. The number of amides is 1. The van der Waals surface area contributed by atoms with Crippen LogP contribution in [-0.2, 0) is 16.1 Å². The molecule has 0 saturated heterocycles. The van der Waals surface area contributed by atoms with Crippen molar-refractivity contribution in [2.24, 2.45) is 0 Å². The van der Waals surface area contributed by atoms with E-state index in [9.17, 15) is 18.4 Å². The Morgan fingerprint density at radius 2 is 1.87 bits per heavy atom. The summed E-state index contributed by atoms with van der Waals surface area (Å²) in [5.41, 5.74) is 1.01. The molecule has 1 N–H and O–H groups in total. The molecular weight excluding hydrogens is 392 g/mol. The SMILES string of the molecule is CC(C)OC(=O)[C@H](Cn1ccnc1)NC(=O)c1ccc(-c2ccc(F)cc2F)cc1. The molecule has 0 radical (unpaired) electrons. The fraction of sp³-hybridized carbons (Fsp3) is 0.227.